The van der Waals surface area contributed by atoms with Gasteiger partial charge in [-0.25, -0.2) is 0 Å². The highest BCUT2D eigenvalue weighted by Crippen LogP contribution is 2.41. The van der Waals surface area contributed by atoms with E-state index < -0.39 is 0 Å². The van der Waals surface area contributed by atoms with Crippen molar-refractivity contribution in [2.24, 2.45) is 0 Å². The van der Waals surface area contributed by atoms with Crippen LogP contribution in [0.5, 0.6) is 0 Å². The number of hydrogen-bond donors (Lipinski definition) is 0. The average Bonchev–Trinajstić information content (AvgIpc) is 2.45. The van der Waals surface area contributed by atoms with Crippen LogP contribution in [0.1, 0.15) is 32.1 Å². The summed E-state index contributed by atoms with van der Waals surface area (Å²) >= 11 is 3.56. The Morgan fingerprint density at radius 2 is 1.75 bits per heavy atom. The lowest BCUT2D eigenvalue weighted by molar-refractivity contribution is 0.191. The van der Waals surface area contributed by atoms with E-state index in [0.29, 0.717) is 5.54 Å². The summed E-state index contributed by atoms with van der Waals surface area (Å²) < 4.78 is 0. The van der Waals surface area contributed by atoms with Crippen LogP contribution >= 0.6 is 32.9 Å². The SMILES string of the molecule is Br.BrCCC12CCCN1CCC2. The second-order valence-corrected chi connectivity index (χ2v) is 4.65. The van der Waals surface area contributed by atoms with Gasteiger partial charge in [0.1, 0.15) is 0 Å². The largest absolute Gasteiger partial charge is 0.298 e. The molecule has 0 aromatic carbocycles. The summed E-state index contributed by atoms with van der Waals surface area (Å²) in [6, 6.07) is 0. The maximum Gasteiger partial charge on any atom is 0.0218 e. The lowest BCUT2D eigenvalue weighted by Gasteiger charge is -2.31. The molecular formula is C9H17Br2N. The van der Waals surface area contributed by atoms with Gasteiger partial charge in [0.2, 0.25) is 0 Å². The van der Waals surface area contributed by atoms with Crippen LogP contribution in [-0.4, -0.2) is 28.9 Å². The molecule has 0 spiro atoms. The van der Waals surface area contributed by atoms with Gasteiger partial charge in [0.15, 0.2) is 0 Å². The summed E-state index contributed by atoms with van der Waals surface area (Å²) in [6.45, 7) is 2.74. The van der Waals surface area contributed by atoms with Crippen LogP contribution in [0, 0.1) is 0 Å². The summed E-state index contributed by atoms with van der Waals surface area (Å²) in [4.78, 5) is 2.72. The second kappa shape index (κ2) is 4.43. The molecule has 0 aliphatic carbocycles. The zero-order chi connectivity index (χ0) is 7.73. The molecule has 0 radical (unpaired) electrons. The second-order valence-electron chi connectivity index (χ2n) is 3.86. The fraction of sp³-hybridized carbons (Fsp3) is 1.00. The van der Waals surface area contributed by atoms with Gasteiger partial charge in [0.05, 0.1) is 0 Å². The third kappa shape index (κ3) is 1.73. The van der Waals surface area contributed by atoms with Crippen LogP contribution < -0.4 is 0 Å². The van der Waals surface area contributed by atoms with E-state index in [0.717, 1.165) is 0 Å². The fourth-order valence-electron chi connectivity index (χ4n) is 2.81. The molecule has 3 heteroatoms. The third-order valence-corrected chi connectivity index (χ3v) is 3.77. The smallest absolute Gasteiger partial charge is 0.0218 e. The Morgan fingerprint density at radius 3 is 2.25 bits per heavy atom. The number of alkyl halides is 1. The Balaban J connectivity index is 0.000000720. The Morgan fingerprint density at radius 1 is 1.17 bits per heavy atom. The van der Waals surface area contributed by atoms with Gasteiger partial charge in [0, 0.05) is 10.9 Å². The van der Waals surface area contributed by atoms with E-state index in [4.69, 9.17) is 0 Å². The lowest BCUT2D eigenvalue weighted by atomic mass is 9.91. The van der Waals surface area contributed by atoms with Gasteiger partial charge in [-0.1, -0.05) is 15.9 Å². The highest BCUT2D eigenvalue weighted by Gasteiger charge is 2.42. The topological polar surface area (TPSA) is 3.24 Å². The van der Waals surface area contributed by atoms with E-state index in [-0.39, 0.29) is 17.0 Å². The normalized spacial score (nSPS) is 26.8. The summed E-state index contributed by atoms with van der Waals surface area (Å²) in [5, 5.41) is 1.18. The maximum atomic E-state index is 3.56. The van der Waals surface area contributed by atoms with Crippen LogP contribution in [0.15, 0.2) is 0 Å². The molecule has 0 atom stereocenters. The summed E-state index contributed by atoms with van der Waals surface area (Å²) in [7, 11) is 0. The Bertz CT molecular complexity index is 139. The molecule has 12 heavy (non-hydrogen) atoms. The van der Waals surface area contributed by atoms with Crippen LogP contribution in [0.3, 0.4) is 0 Å². The number of hydrogen-bond acceptors (Lipinski definition) is 1. The first-order valence-electron chi connectivity index (χ1n) is 4.68. The van der Waals surface area contributed by atoms with Crippen molar-refractivity contribution in [1.29, 1.82) is 0 Å². The summed E-state index contributed by atoms with van der Waals surface area (Å²) in [6.07, 6.45) is 7.16. The lowest BCUT2D eigenvalue weighted by Crippen LogP contribution is -2.38. The van der Waals surface area contributed by atoms with E-state index in [1.165, 1.54) is 50.5 Å². The van der Waals surface area contributed by atoms with Gasteiger partial charge in [-0.05, 0) is 45.2 Å². The molecular weight excluding hydrogens is 282 g/mol. The number of rotatable bonds is 2. The molecule has 0 N–H and O–H groups in total. The van der Waals surface area contributed by atoms with Crippen LogP contribution in [0.2, 0.25) is 0 Å². The molecule has 1 nitrogen and oxygen atoms in total. The zero-order valence-electron chi connectivity index (χ0n) is 7.39. The molecule has 2 aliphatic heterocycles. The molecule has 2 aliphatic rings. The Kier molecular flexibility index (Phi) is 4.06. The molecule has 72 valence electrons. The molecule has 2 rings (SSSR count). The van der Waals surface area contributed by atoms with Crippen LogP contribution in [-0.2, 0) is 0 Å². The highest BCUT2D eigenvalue weighted by atomic mass is 79.9. The van der Waals surface area contributed by atoms with E-state index >= 15 is 0 Å². The van der Waals surface area contributed by atoms with E-state index in [1.807, 2.05) is 0 Å². The standard InChI is InChI=1S/C9H16BrN.BrH/c10-6-5-9-3-1-7-11(9)8-2-4-9;/h1-8H2;1H. The van der Waals surface area contributed by atoms with Crippen molar-refractivity contribution < 1.29 is 0 Å². The minimum atomic E-state index is 0. The van der Waals surface area contributed by atoms with Crippen LogP contribution in [0.25, 0.3) is 0 Å². The molecule has 0 unspecified atom stereocenters. The zero-order valence-corrected chi connectivity index (χ0v) is 10.7. The first-order chi connectivity index (χ1) is 5.37. The van der Waals surface area contributed by atoms with Crippen LogP contribution in [0.4, 0.5) is 0 Å². The predicted octanol–water partition coefficient (Wildman–Crippen LogP) is 2.98. The average molecular weight is 299 g/mol. The summed E-state index contributed by atoms with van der Waals surface area (Å²) in [5.74, 6) is 0. The van der Waals surface area contributed by atoms with Crippen molar-refractivity contribution in [3.05, 3.63) is 0 Å². The number of fused-ring (bicyclic) bond motifs is 1. The van der Waals surface area contributed by atoms with Crippen molar-refractivity contribution in [2.45, 2.75) is 37.6 Å². The fourth-order valence-corrected chi connectivity index (χ4v) is 3.55. The van der Waals surface area contributed by atoms with Gasteiger partial charge in [-0.15, -0.1) is 17.0 Å². The molecule has 0 aromatic heterocycles. The quantitative estimate of drug-likeness (QED) is 0.709. The Labute approximate surface area is 93.8 Å². The van der Waals surface area contributed by atoms with E-state index in [1.54, 1.807) is 0 Å². The molecule has 0 saturated carbocycles. The summed E-state index contributed by atoms with van der Waals surface area (Å²) in [5.41, 5.74) is 0.642. The van der Waals surface area contributed by atoms with Crippen molar-refractivity contribution >= 4 is 32.9 Å². The van der Waals surface area contributed by atoms with Crippen molar-refractivity contribution in [2.75, 3.05) is 18.4 Å². The molecule has 0 aromatic rings. The number of nitrogens with zero attached hydrogens (tertiary/aromatic N) is 1. The minimum Gasteiger partial charge on any atom is -0.298 e. The van der Waals surface area contributed by atoms with Crippen molar-refractivity contribution in [3.63, 3.8) is 0 Å². The molecule has 2 fully saturated rings. The first-order valence-corrected chi connectivity index (χ1v) is 5.81. The van der Waals surface area contributed by atoms with Crippen molar-refractivity contribution in [1.82, 2.24) is 4.90 Å². The van der Waals surface area contributed by atoms with Gasteiger partial charge >= 0.3 is 0 Å². The Hall–Kier alpha value is 0.920. The highest BCUT2D eigenvalue weighted by molar-refractivity contribution is 9.09. The number of halogens is 2. The van der Waals surface area contributed by atoms with Gasteiger partial charge in [-0.3, -0.25) is 4.90 Å². The van der Waals surface area contributed by atoms with E-state index in [9.17, 15) is 0 Å². The monoisotopic (exact) mass is 297 g/mol. The van der Waals surface area contributed by atoms with Gasteiger partial charge < -0.3 is 0 Å². The van der Waals surface area contributed by atoms with Gasteiger partial charge in [-0.2, -0.15) is 0 Å². The molecule has 2 heterocycles. The van der Waals surface area contributed by atoms with Crippen molar-refractivity contribution in [3.8, 4) is 0 Å². The maximum absolute atomic E-state index is 3.56. The minimum absolute atomic E-state index is 0. The third-order valence-electron chi connectivity index (χ3n) is 3.37. The van der Waals surface area contributed by atoms with E-state index in [2.05, 4.69) is 20.8 Å². The molecule has 0 amide bonds. The first kappa shape index (κ1) is 11.0. The predicted molar refractivity (Wildman–Crippen MR) is 61.5 cm³/mol. The van der Waals surface area contributed by atoms with Gasteiger partial charge in [0.25, 0.3) is 0 Å². The molecule has 0 bridgehead atoms. The molecule has 2 saturated heterocycles.